The lowest BCUT2D eigenvalue weighted by Gasteiger charge is -2.17. The molecule has 0 spiro atoms. The Morgan fingerprint density at radius 2 is 1.90 bits per heavy atom. The van der Waals surface area contributed by atoms with Crippen molar-refractivity contribution < 1.29 is 23.1 Å². The number of aromatic nitrogens is 3. The molecule has 0 bridgehead atoms. The van der Waals surface area contributed by atoms with Crippen LogP contribution in [0.5, 0.6) is 0 Å². The molecular formula is C12H12F3N3O2. The van der Waals surface area contributed by atoms with Crippen LogP contribution >= 0.6 is 0 Å². The van der Waals surface area contributed by atoms with Crippen LogP contribution in [0.15, 0.2) is 12.3 Å². The number of fused-ring (bicyclic) bond motifs is 1. The van der Waals surface area contributed by atoms with E-state index in [0.29, 0.717) is 4.52 Å². The van der Waals surface area contributed by atoms with Crippen molar-refractivity contribution in [2.45, 2.75) is 32.4 Å². The summed E-state index contributed by atoms with van der Waals surface area (Å²) in [5.41, 5.74) is -2.09. The second kappa shape index (κ2) is 4.19. The molecule has 0 saturated heterocycles. The smallest absolute Gasteiger partial charge is 0.433 e. The van der Waals surface area contributed by atoms with Gasteiger partial charge in [-0.25, -0.2) is 14.3 Å². The molecule has 108 valence electrons. The Hall–Kier alpha value is -2.12. The third-order valence-corrected chi connectivity index (χ3v) is 2.76. The Labute approximate surface area is 112 Å². The zero-order valence-electron chi connectivity index (χ0n) is 11.0. The van der Waals surface area contributed by atoms with Crippen molar-refractivity contribution >= 4 is 11.6 Å². The molecule has 20 heavy (non-hydrogen) atoms. The van der Waals surface area contributed by atoms with Crippen molar-refractivity contribution in [3.8, 4) is 0 Å². The standard InChI is InChI=1S/C12H12F3N3O2/c1-11(2,3)7-8(10(19)20)17-18-6(12(13,14)15)4-5-16-9(7)18/h4-5H,1-3H3,(H,19,20). The fourth-order valence-electron chi connectivity index (χ4n) is 2.00. The SMILES string of the molecule is CC(C)(C)c1c(C(=O)O)nn2c(C(F)(F)F)ccnc12. The van der Waals surface area contributed by atoms with E-state index >= 15 is 0 Å². The Bertz CT molecular complexity index is 684. The van der Waals surface area contributed by atoms with Crippen LogP contribution in [0.2, 0.25) is 0 Å². The Kier molecular flexibility index (Phi) is 2.99. The number of hydrogen-bond donors (Lipinski definition) is 1. The number of nitrogens with zero attached hydrogens (tertiary/aromatic N) is 3. The van der Waals surface area contributed by atoms with E-state index in [1.165, 1.54) is 0 Å². The molecule has 2 heterocycles. The van der Waals surface area contributed by atoms with Gasteiger partial charge < -0.3 is 5.11 Å². The van der Waals surface area contributed by atoms with Gasteiger partial charge in [-0.05, 0) is 11.5 Å². The maximum atomic E-state index is 12.9. The molecule has 0 aliphatic carbocycles. The lowest BCUT2D eigenvalue weighted by atomic mass is 9.86. The summed E-state index contributed by atoms with van der Waals surface area (Å²) >= 11 is 0. The first-order valence-corrected chi connectivity index (χ1v) is 5.72. The summed E-state index contributed by atoms with van der Waals surface area (Å²) in [5.74, 6) is -1.38. The van der Waals surface area contributed by atoms with Crippen LogP contribution < -0.4 is 0 Å². The first kappa shape index (κ1) is 14.3. The number of carboxylic acid groups (broad SMARTS) is 1. The lowest BCUT2D eigenvalue weighted by molar-refractivity contribution is -0.142. The average molecular weight is 287 g/mol. The molecule has 0 aliphatic heterocycles. The van der Waals surface area contributed by atoms with Crippen molar-refractivity contribution in [3.63, 3.8) is 0 Å². The molecule has 0 fully saturated rings. The number of hydrogen-bond acceptors (Lipinski definition) is 3. The molecular weight excluding hydrogens is 275 g/mol. The van der Waals surface area contributed by atoms with Gasteiger partial charge in [-0.15, -0.1) is 0 Å². The van der Waals surface area contributed by atoms with Gasteiger partial charge in [-0.2, -0.15) is 18.3 Å². The fourth-order valence-corrected chi connectivity index (χ4v) is 2.00. The summed E-state index contributed by atoms with van der Waals surface area (Å²) in [6, 6.07) is 0.762. The normalized spacial score (nSPS) is 12.9. The predicted molar refractivity (Wildman–Crippen MR) is 63.6 cm³/mol. The van der Waals surface area contributed by atoms with Gasteiger partial charge in [-0.3, -0.25) is 0 Å². The molecule has 2 rings (SSSR count). The molecule has 0 amide bonds. The maximum Gasteiger partial charge on any atom is 0.433 e. The summed E-state index contributed by atoms with van der Waals surface area (Å²) in [5, 5.41) is 12.7. The minimum Gasteiger partial charge on any atom is -0.476 e. The van der Waals surface area contributed by atoms with Gasteiger partial charge in [0.1, 0.15) is 5.69 Å². The number of rotatable bonds is 1. The molecule has 0 radical (unpaired) electrons. The van der Waals surface area contributed by atoms with Gasteiger partial charge >= 0.3 is 12.1 Å². The number of halogens is 3. The minimum atomic E-state index is -4.64. The number of alkyl halides is 3. The zero-order chi connectivity index (χ0) is 15.3. The molecule has 1 N–H and O–H groups in total. The van der Waals surface area contributed by atoms with Gasteiger partial charge in [0.2, 0.25) is 0 Å². The molecule has 8 heteroatoms. The van der Waals surface area contributed by atoms with E-state index in [9.17, 15) is 18.0 Å². The van der Waals surface area contributed by atoms with Crippen LogP contribution in [0.1, 0.15) is 42.5 Å². The van der Waals surface area contributed by atoms with E-state index in [0.717, 1.165) is 12.3 Å². The Morgan fingerprint density at radius 1 is 1.30 bits per heavy atom. The first-order chi connectivity index (χ1) is 9.03. The van der Waals surface area contributed by atoms with Gasteiger partial charge in [0.25, 0.3) is 0 Å². The van der Waals surface area contributed by atoms with E-state index in [1.807, 2.05) is 0 Å². The molecule has 0 atom stereocenters. The van der Waals surface area contributed by atoms with Crippen molar-refractivity contribution in [1.82, 2.24) is 14.6 Å². The van der Waals surface area contributed by atoms with Gasteiger partial charge in [-0.1, -0.05) is 20.8 Å². The average Bonchev–Trinajstić information content (AvgIpc) is 2.65. The number of carbonyl (C=O) groups is 1. The van der Waals surface area contributed by atoms with Gasteiger partial charge in [0.15, 0.2) is 11.3 Å². The largest absolute Gasteiger partial charge is 0.476 e. The van der Waals surface area contributed by atoms with E-state index < -0.39 is 28.9 Å². The molecule has 5 nitrogen and oxygen atoms in total. The number of carboxylic acids is 1. The zero-order valence-corrected chi connectivity index (χ0v) is 11.0. The third-order valence-electron chi connectivity index (χ3n) is 2.76. The molecule has 2 aromatic heterocycles. The molecule has 0 aliphatic rings. The van der Waals surface area contributed by atoms with E-state index in [4.69, 9.17) is 5.11 Å². The van der Waals surface area contributed by atoms with E-state index in [-0.39, 0.29) is 11.2 Å². The van der Waals surface area contributed by atoms with Crippen LogP contribution in [0.4, 0.5) is 13.2 Å². The molecule has 0 unspecified atom stereocenters. The van der Waals surface area contributed by atoms with Crippen LogP contribution in [0, 0.1) is 0 Å². The summed E-state index contributed by atoms with van der Waals surface area (Å²) in [4.78, 5) is 15.1. The highest BCUT2D eigenvalue weighted by Crippen LogP contribution is 2.33. The molecule has 0 saturated carbocycles. The summed E-state index contributed by atoms with van der Waals surface area (Å²) in [6.45, 7) is 5.08. The van der Waals surface area contributed by atoms with Crippen LogP contribution in [0.25, 0.3) is 5.65 Å². The highest BCUT2D eigenvalue weighted by atomic mass is 19.4. The second-order valence-electron chi connectivity index (χ2n) is 5.34. The Balaban J connectivity index is 2.92. The maximum absolute atomic E-state index is 12.9. The molecule has 0 aromatic carbocycles. The van der Waals surface area contributed by atoms with Crippen LogP contribution in [-0.2, 0) is 11.6 Å². The lowest BCUT2D eigenvalue weighted by Crippen LogP contribution is -2.16. The van der Waals surface area contributed by atoms with Gasteiger partial charge in [0.05, 0.1) is 0 Å². The minimum absolute atomic E-state index is 0.0928. The van der Waals surface area contributed by atoms with E-state index in [2.05, 4.69) is 10.1 Å². The van der Waals surface area contributed by atoms with Crippen molar-refractivity contribution in [1.29, 1.82) is 0 Å². The van der Waals surface area contributed by atoms with E-state index in [1.54, 1.807) is 20.8 Å². The molecule has 2 aromatic rings. The highest BCUT2D eigenvalue weighted by molar-refractivity contribution is 5.90. The number of aromatic carboxylic acids is 1. The van der Waals surface area contributed by atoms with Crippen LogP contribution in [-0.4, -0.2) is 25.7 Å². The first-order valence-electron chi connectivity index (χ1n) is 5.72. The topological polar surface area (TPSA) is 67.5 Å². The predicted octanol–water partition coefficient (Wildman–Crippen LogP) is 2.74. The van der Waals surface area contributed by atoms with Crippen molar-refractivity contribution in [2.24, 2.45) is 0 Å². The highest BCUT2D eigenvalue weighted by Gasteiger charge is 2.37. The second-order valence-corrected chi connectivity index (χ2v) is 5.34. The van der Waals surface area contributed by atoms with Gasteiger partial charge in [0, 0.05) is 11.8 Å². The summed E-state index contributed by atoms with van der Waals surface area (Å²) < 4.78 is 39.3. The third kappa shape index (κ3) is 2.21. The quantitative estimate of drug-likeness (QED) is 0.875. The summed E-state index contributed by atoms with van der Waals surface area (Å²) in [6.07, 6.45) is -3.64. The van der Waals surface area contributed by atoms with Crippen molar-refractivity contribution in [3.05, 3.63) is 29.2 Å². The monoisotopic (exact) mass is 287 g/mol. The van der Waals surface area contributed by atoms with Crippen molar-refractivity contribution in [2.75, 3.05) is 0 Å². The van der Waals surface area contributed by atoms with Crippen LogP contribution in [0.3, 0.4) is 0 Å². The summed E-state index contributed by atoms with van der Waals surface area (Å²) in [7, 11) is 0. The fraction of sp³-hybridized carbons (Fsp3) is 0.417. The Morgan fingerprint density at radius 3 is 2.35 bits per heavy atom.